The summed E-state index contributed by atoms with van der Waals surface area (Å²) < 4.78 is 28.3. The third kappa shape index (κ3) is 3.64. The molecule has 0 aliphatic rings. The average Bonchev–Trinajstić information content (AvgIpc) is 2.44. The van der Waals surface area contributed by atoms with Crippen LogP contribution >= 0.6 is 15.9 Å². The Kier molecular flexibility index (Phi) is 4.70. The molecule has 0 heterocycles. The highest BCUT2D eigenvalue weighted by atomic mass is 79.9. The molecule has 0 aromatic heterocycles. The molecule has 4 nitrogen and oxygen atoms in total. The van der Waals surface area contributed by atoms with Crippen LogP contribution in [0.4, 0.5) is 5.69 Å². The smallest absolute Gasteiger partial charge is 0.261 e. The highest BCUT2D eigenvalue weighted by Gasteiger charge is 2.15. The van der Waals surface area contributed by atoms with Gasteiger partial charge in [0.25, 0.3) is 10.0 Å². The molecule has 2 aromatic rings. The topological polar surface area (TPSA) is 72.2 Å². The quantitative estimate of drug-likeness (QED) is 0.869. The second-order valence-corrected chi connectivity index (χ2v) is 7.35. The summed E-state index contributed by atoms with van der Waals surface area (Å²) in [5, 5.41) is 0. The number of anilines is 1. The van der Waals surface area contributed by atoms with Gasteiger partial charge in [0.15, 0.2) is 0 Å². The number of sulfonamides is 1. The van der Waals surface area contributed by atoms with Crippen LogP contribution in [0.5, 0.6) is 0 Å². The lowest BCUT2D eigenvalue weighted by molar-refractivity contribution is 0.601. The van der Waals surface area contributed by atoms with E-state index in [2.05, 4.69) is 20.7 Å². The van der Waals surface area contributed by atoms with Crippen LogP contribution in [0.25, 0.3) is 0 Å². The molecule has 112 valence electrons. The first-order valence-corrected chi connectivity index (χ1v) is 8.69. The minimum absolute atomic E-state index is 0.220. The van der Waals surface area contributed by atoms with E-state index in [0.29, 0.717) is 12.2 Å². The van der Waals surface area contributed by atoms with Crippen molar-refractivity contribution >= 4 is 31.6 Å². The standard InChI is InChI=1S/C15H17BrN2O2S/c1-10-7-13(8-11(2)15(10)16)18-21(19,20)14-5-3-12(9-17)4-6-14/h3-8,18H,9,17H2,1-2H3. The normalized spacial score (nSPS) is 11.4. The predicted octanol–water partition coefficient (Wildman–Crippen LogP) is 3.33. The molecule has 2 rings (SSSR count). The average molecular weight is 369 g/mol. The SMILES string of the molecule is Cc1cc(NS(=O)(=O)c2ccc(CN)cc2)cc(C)c1Br. The number of hydrogen-bond acceptors (Lipinski definition) is 3. The Morgan fingerprint density at radius 1 is 1.10 bits per heavy atom. The number of rotatable bonds is 4. The summed E-state index contributed by atoms with van der Waals surface area (Å²) in [6.07, 6.45) is 0. The van der Waals surface area contributed by atoms with Crippen molar-refractivity contribution in [1.29, 1.82) is 0 Å². The van der Waals surface area contributed by atoms with Crippen LogP contribution in [-0.2, 0) is 16.6 Å². The molecule has 0 spiro atoms. The third-order valence-corrected chi connectivity index (χ3v) is 5.81. The predicted molar refractivity (Wildman–Crippen MR) is 88.8 cm³/mol. The Morgan fingerprint density at radius 2 is 1.62 bits per heavy atom. The zero-order chi connectivity index (χ0) is 15.6. The molecule has 0 radical (unpaired) electrons. The van der Waals surface area contributed by atoms with Gasteiger partial charge in [-0.25, -0.2) is 8.42 Å². The maximum Gasteiger partial charge on any atom is 0.261 e. The fourth-order valence-electron chi connectivity index (χ4n) is 2.02. The number of nitrogens with one attached hydrogen (secondary N) is 1. The van der Waals surface area contributed by atoms with Gasteiger partial charge in [0.05, 0.1) is 4.90 Å². The van der Waals surface area contributed by atoms with Gasteiger partial charge in [-0.2, -0.15) is 0 Å². The van der Waals surface area contributed by atoms with E-state index in [1.165, 1.54) is 0 Å². The molecule has 0 aliphatic carbocycles. The van der Waals surface area contributed by atoms with Crippen molar-refractivity contribution in [3.8, 4) is 0 Å². The van der Waals surface area contributed by atoms with Crippen LogP contribution in [0, 0.1) is 13.8 Å². The van der Waals surface area contributed by atoms with Gasteiger partial charge in [0, 0.05) is 16.7 Å². The molecule has 0 unspecified atom stereocenters. The second kappa shape index (κ2) is 6.17. The van der Waals surface area contributed by atoms with Crippen LogP contribution in [0.3, 0.4) is 0 Å². The Morgan fingerprint density at radius 3 is 2.10 bits per heavy atom. The molecule has 0 saturated heterocycles. The number of nitrogens with two attached hydrogens (primary N) is 1. The monoisotopic (exact) mass is 368 g/mol. The van der Waals surface area contributed by atoms with Crippen molar-refractivity contribution in [3.63, 3.8) is 0 Å². The van der Waals surface area contributed by atoms with Crippen LogP contribution in [0.1, 0.15) is 16.7 Å². The minimum Gasteiger partial charge on any atom is -0.326 e. The highest BCUT2D eigenvalue weighted by Crippen LogP contribution is 2.26. The van der Waals surface area contributed by atoms with Gasteiger partial charge < -0.3 is 5.73 Å². The number of halogens is 1. The molecule has 0 saturated carbocycles. The molecule has 0 amide bonds. The molecule has 6 heteroatoms. The van der Waals surface area contributed by atoms with Crippen molar-refractivity contribution in [2.75, 3.05) is 4.72 Å². The van der Waals surface area contributed by atoms with E-state index in [4.69, 9.17) is 5.73 Å². The van der Waals surface area contributed by atoms with E-state index in [-0.39, 0.29) is 4.90 Å². The lowest BCUT2D eigenvalue weighted by atomic mass is 10.1. The van der Waals surface area contributed by atoms with Crippen molar-refractivity contribution in [2.24, 2.45) is 5.73 Å². The lowest BCUT2D eigenvalue weighted by Crippen LogP contribution is -2.13. The first-order valence-electron chi connectivity index (χ1n) is 6.42. The molecular weight excluding hydrogens is 352 g/mol. The Bertz CT molecular complexity index is 733. The molecule has 0 bridgehead atoms. The van der Waals surface area contributed by atoms with Crippen molar-refractivity contribution in [1.82, 2.24) is 0 Å². The van der Waals surface area contributed by atoms with Gasteiger partial charge in [0.1, 0.15) is 0 Å². The van der Waals surface area contributed by atoms with E-state index >= 15 is 0 Å². The van der Waals surface area contributed by atoms with Crippen LogP contribution in [0.15, 0.2) is 45.8 Å². The second-order valence-electron chi connectivity index (χ2n) is 4.88. The third-order valence-electron chi connectivity index (χ3n) is 3.16. The summed E-state index contributed by atoms with van der Waals surface area (Å²) >= 11 is 3.46. The molecule has 0 fully saturated rings. The molecule has 0 atom stereocenters. The molecule has 2 aromatic carbocycles. The first kappa shape index (κ1) is 16.0. The Labute approximate surface area is 133 Å². The Balaban J connectivity index is 2.32. The summed E-state index contributed by atoms with van der Waals surface area (Å²) in [6, 6.07) is 10.1. The number of hydrogen-bond donors (Lipinski definition) is 2. The number of benzene rings is 2. The van der Waals surface area contributed by atoms with Gasteiger partial charge in [0.2, 0.25) is 0 Å². The first-order chi connectivity index (χ1) is 9.83. The van der Waals surface area contributed by atoms with E-state index in [0.717, 1.165) is 21.2 Å². The van der Waals surface area contributed by atoms with Crippen LogP contribution in [0.2, 0.25) is 0 Å². The maximum absolute atomic E-state index is 12.4. The van der Waals surface area contributed by atoms with E-state index in [1.54, 1.807) is 36.4 Å². The van der Waals surface area contributed by atoms with Gasteiger partial charge in [-0.15, -0.1) is 0 Å². The summed E-state index contributed by atoms with van der Waals surface area (Å²) in [4.78, 5) is 0.220. The van der Waals surface area contributed by atoms with Gasteiger partial charge in [-0.1, -0.05) is 28.1 Å². The zero-order valence-electron chi connectivity index (χ0n) is 11.9. The summed E-state index contributed by atoms with van der Waals surface area (Å²) in [5.74, 6) is 0. The summed E-state index contributed by atoms with van der Waals surface area (Å²) in [5.41, 5.74) is 8.91. The molecular formula is C15H17BrN2O2S. The molecule has 3 N–H and O–H groups in total. The van der Waals surface area contributed by atoms with Gasteiger partial charge in [-0.3, -0.25) is 4.72 Å². The van der Waals surface area contributed by atoms with Gasteiger partial charge in [-0.05, 0) is 54.8 Å². The van der Waals surface area contributed by atoms with Crippen molar-refractivity contribution in [2.45, 2.75) is 25.3 Å². The highest BCUT2D eigenvalue weighted by molar-refractivity contribution is 9.10. The van der Waals surface area contributed by atoms with E-state index in [9.17, 15) is 8.42 Å². The summed E-state index contributed by atoms with van der Waals surface area (Å²) in [6.45, 7) is 4.23. The molecule has 0 aliphatic heterocycles. The minimum atomic E-state index is -3.59. The van der Waals surface area contributed by atoms with Crippen LogP contribution < -0.4 is 10.5 Å². The lowest BCUT2D eigenvalue weighted by Gasteiger charge is -2.11. The van der Waals surface area contributed by atoms with Crippen molar-refractivity contribution in [3.05, 3.63) is 57.6 Å². The fourth-order valence-corrected chi connectivity index (χ4v) is 3.29. The largest absolute Gasteiger partial charge is 0.326 e. The Hall–Kier alpha value is -1.37. The molecule has 21 heavy (non-hydrogen) atoms. The fraction of sp³-hybridized carbons (Fsp3) is 0.200. The summed E-state index contributed by atoms with van der Waals surface area (Å²) in [7, 11) is -3.59. The zero-order valence-corrected chi connectivity index (χ0v) is 14.3. The van der Waals surface area contributed by atoms with E-state index in [1.807, 2.05) is 13.8 Å². The maximum atomic E-state index is 12.4. The van der Waals surface area contributed by atoms with Crippen molar-refractivity contribution < 1.29 is 8.42 Å². The van der Waals surface area contributed by atoms with E-state index < -0.39 is 10.0 Å². The number of aryl methyl sites for hydroxylation is 2. The van der Waals surface area contributed by atoms with Crippen LogP contribution in [-0.4, -0.2) is 8.42 Å². The van der Waals surface area contributed by atoms with Gasteiger partial charge >= 0.3 is 0 Å².